The molecule has 0 amide bonds. The van der Waals surface area contributed by atoms with Gasteiger partial charge in [-0.15, -0.1) is 10.2 Å². The molecule has 2 rings (SSSR count). The number of aromatic nitrogens is 2. The van der Waals surface area contributed by atoms with Crippen molar-refractivity contribution in [2.45, 2.75) is 10.1 Å². The zero-order valence-corrected chi connectivity index (χ0v) is 13.9. The molecule has 0 atom stereocenters. The van der Waals surface area contributed by atoms with E-state index in [4.69, 9.17) is 5.14 Å². The van der Waals surface area contributed by atoms with Gasteiger partial charge in [-0.25, -0.2) is 22.0 Å². The van der Waals surface area contributed by atoms with Gasteiger partial charge >= 0.3 is 0 Å². The first-order valence-electron chi connectivity index (χ1n) is 5.81. The lowest BCUT2D eigenvalue weighted by Crippen LogP contribution is -2.15. The number of rotatable bonds is 6. The number of hydrogen-bond donors (Lipinski definition) is 3. The van der Waals surface area contributed by atoms with Crippen molar-refractivity contribution < 1.29 is 26.9 Å². The number of phenols is 1. The first kappa shape index (κ1) is 18.0. The van der Waals surface area contributed by atoms with Gasteiger partial charge in [0.05, 0.1) is 10.7 Å². The van der Waals surface area contributed by atoms with Gasteiger partial charge in [0, 0.05) is 17.7 Å². The number of phenolic OH excluding ortho intramolecular Hbond substituents is 1. The van der Waals surface area contributed by atoms with Crippen LogP contribution in [0.2, 0.25) is 0 Å². The molecule has 4 N–H and O–H groups in total. The predicted molar refractivity (Wildman–Crippen MR) is 82.3 cm³/mol. The van der Waals surface area contributed by atoms with E-state index in [1.54, 1.807) is 0 Å². The van der Waals surface area contributed by atoms with Crippen molar-refractivity contribution in [2.24, 2.45) is 5.14 Å². The first-order valence-corrected chi connectivity index (χ1v) is 9.82. The molecule has 0 unspecified atom stereocenters. The lowest BCUT2D eigenvalue weighted by molar-refractivity contribution is -0.384. The molecule has 1 aromatic heterocycles. The monoisotopic (exact) mass is 395 g/mol. The van der Waals surface area contributed by atoms with Gasteiger partial charge in [0.25, 0.3) is 15.7 Å². The van der Waals surface area contributed by atoms with Crippen molar-refractivity contribution in [3.8, 4) is 5.75 Å². The maximum absolute atomic E-state index is 12.0. The largest absolute Gasteiger partial charge is 0.508 e. The minimum atomic E-state index is -4.15. The molecule has 0 aliphatic carbocycles. The van der Waals surface area contributed by atoms with E-state index in [0.29, 0.717) is 11.3 Å². The van der Waals surface area contributed by atoms with Crippen molar-refractivity contribution in [1.29, 1.82) is 0 Å². The summed E-state index contributed by atoms with van der Waals surface area (Å²) in [6.45, 7) is 0. The molecule has 0 saturated carbocycles. The molecular formula is C9H9N5O7S3. The number of non-ortho nitro benzene ring substituents is 1. The van der Waals surface area contributed by atoms with Crippen LogP contribution in [-0.2, 0) is 25.8 Å². The molecule has 1 heterocycles. The number of nitrogens with zero attached hydrogens (tertiary/aromatic N) is 3. The van der Waals surface area contributed by atoms with Gasteiger partial charge in [0.15, 0.2) is 0 Å². The molecule has 0 aliphatic heterocycles. The number of nitro benzene ring substituents is 1. The highest BCUT2D eigenvalue weighted by Gasteiger charge is 2.21. The summed E-state index contributed by atoms with van der Waals surface area (Å²) >= 11 is 0.393. The summed E-state index contributed by atoms with van der Waals surface area (Å²) in [5.41, 5.74) is -0.613. The molecule has 0 saturated heterocycles. The molecule has 130 valence electrons. The summed E-state index contributed by atoms with van der Waals surface area (Å²) in [5, 5.41) is 31.3. The Balaban J connectivity index is 2.24. The third kappa shape index (κ3) is 4.34. The maximum atomic E-state index is 12.0. The van der Waals surface area contributed by atoms with Crippen LogP contribution in [0.25, 0.3) is 0 Å². The van der Waals surface area contributed by atoms with Crippen LogP contribution >= 0.6 is 11.3 Å². The molecular weight excluding hydrogens is 386 g/mol. The predicted octanol–water partition coefficient (Wildman–Crippen LogP) is -0.259. The number of primary sulfonamides is 1. The van der Waals surface area contributed by atoms with E-state index in [2.05, 4.69) is 10.2 Å². The van der Waals surface area contributed by atoms with E-state index < -0.39 is 46.5 Å². The van der Waals surface area contributed by atoms with Gasteiger partial charge in [0.1, 0.15) is 5.75 Å². The van der Waals surface area contributed by atoms with Crippen LogP contribution in [-0.4, -0.2) is 37.1 Å². The fourth-order valence-electron chi connectivity index (χ4n) is 1.54. The van der Waals surface area contributed by atoms with Gasteiger partial charge in [-0.3, -0.25) is 14.8 Å². The van der Waals surface area contributed by atoms with Crippen LogP contribution in [0.5, 0.6) is 5.75 Å². The number of hydrogen-bond acceptors (Lipinski definition) is 10. The molecule has 0 spiro atoms. The second kappa shape index (κ2) is 6.27. The highest BCUT2D eigenvalue weighted by molar-refractivity contribution is 7.92. The average molecular weight is 395 g/mol. The van der Waals surface area contributed by atoms with Crippen LogP contribution in [0.4, 0.5) is 10.8 Å². The second-order valence-corrected chi connectivity index (χ2v) is 8.78. The van der Waals surface area contributed by atoms with E-state index in [0.717, 1.165) is 18.2 Å². The fraction of sp³-hybridized carbons (Fsp3) is 0.111. The van der Waals surface area contributed by atoms with E-state index in [1.807, 2.05) is 4.72 Å². The third-order valence-electron chi connectivity index (χ3n) is 2.51. The lowest BCUT2D eigenvalue weighted by atomic mass is 10.2. The number of nitrogens with one attached hydrogen (secondary N) is 1. The Morgan fingerprint density at radius 3 is 2.50 bits per heavy atom. The van der Waals surface area contributed by atoms with Crippen LogP contribution in [0, 0.1) is 10.1 Å². The van der Waals surface area contributed by atoms with Crippen molar-refractivity contribution in [3.05, 3.63) is 33.9 Å². The first-order chi connectivity index (χ1) is 11.0. The smallest absolute Gasteiger partial charge is 0.270 e. The summed E-state index contributed by atoms with van der Waals surface area (Å²) in [5.74, 6) is -1.25. The van der Waals surface area contributed by atoms with Gasteiger partial charge in [-0.2, -0.15) is 0 Å². The van der Waals surface area contributed by atoms with Gasteiger partial charge in [-0.1, -0.05) is 11.3 Å². The van der Waals surface area contributed by atoms with Gasteiger partial charge in [-0.05, 0) is 6.07 Å². The summed E-state index contributed by atoms with van der Waals surface area (Å²) in [6.07, 6.45) is 0. The van der Waals surface area contributed by atoms with E-state index >= 15 is 0 Å². The number of benzene rings is 1. The minimum Gasteiger partial charge on any atom is -0.508 e. The average Bonchev–Trinajstić information content (AvgIpc) is 2.88. The number of nitro groups is 1. The molecule has 0 bridgehead atoms. The number of anilines is 1. The maximum Gasteiger partial charge on any atom is 0.270 e. The van der Waals surface area contributed by atoms with Crippen LogP contribution in [0.3, 0.4) is 0 Å². The highest BCUT2D eigenvalue weighted by Crippen LogP contribution is 2.26. The Labute approximate surface area is 139 Å². The molecule has 0 radical (unpaired) electrons. The molecule has 0 aliphatic rings. The van der Waals surface area contributed by atoms with E-state index in [-0.39, 0.29) is 10.7 Å². The summed E-state index contributed by atoms with van der Waals surface area (Å²) in [4.78, 5) is 9.95. The van der Waals surface area contributed by atoms with Crippen molar-refractivity contribution >= 4 is 42.2 Å². The molecule has 24 heavy (non-hydrogen) atoms. The second-order valence-electron chi connectivity index (χ2n) is 4.35. The van der Waals surface area contributed by atoms with Crippen molar-refractivity contribution in [1.82, 2.24) is 10.2 Å². The van der Waals surface area contributed by atoms with E-state index in [1.165, 1.54) is 0 Å². The molecule has 1 aromatic carbocycles. The Morgan fingerprint density at radius 1 is 1.29 bits per heavy atom. The topological polar surface area (TPSA) is 195 Å². The SMILES string of the molecule is NS(=O)(=O)c1nnc(NS(=O)(=O)Cc2cc([N+](=O)[O-])ccc2O)s1. The third-order valence-corrected chi connectivity index (χ3v) is 5.99. The normalized spacial score (nSPS) is 12.0. The standard InChI is InChI=1S/C9H9N5O7S3/c10-24(20,21)9-12-11-8(22-9)13-23(18,19)4-5-3-6(14(16)17)1-2-7(5)15/h1-3,15H,4H2,(H,11,13)(H2,10,20,21). The van der Waals surface area contributed by atoms with Crippen molar-refractivity contribution in [3.63, 3.8) is 0 Å². The van der Waals surface area contributed by atoms with Crippen LogP contribution < -0.4 is 9.86 Å². The van der Waals surface area contributed by atoms with Crippen molar-refractivity contribution in [2.75, 3.05) is 4.72 Å². The zero-order valence-electron chi connectivity index (χ0n) is 11.5. The highest BCUT2D eigenvalue weighted by atomic mass is 32.2. The van der Waals surface area contributed by atoms with Crippen LogP contribution in [0.15, 0.2) is 22.5 Å². The molecule has 0 fully saturated rings. The quantitative estimate of drug-likeness (QED) is 0.436. The molecule has 12 nitrogen and oxygen atoms in total. The number of sulfonamides is 2. The minimum absolute atomic E-state index is 0.215. The van der Waals surface area contributed by atoms with E-state index in [9.17, 15) is 32.1 Å². The summed E-state index contributed by atoms with van der Waals surface area (Å²) in [7, 11) is -8.27. The van der Waals surface area contributed by atoms with Gasteiger partial charge < -0.3 is 5.11 Å². The Morgan fingerprint density at radius 2 is 1.96 bits per heavy atom. The number of nitrogens with two attached hydrogens (primary N) is 1. The Kier molecular flexibility index (Phi) is 4.70. The zero-order chi connectivity index (χ0) is 18.1. The molecule has 2 aromatic rings. The molecule has 15 heteroatoms. The Bertz CT molecular complexity index is 998. The Hall–Kier alpha value is -2.36. The number of aromatic hydroxyl groups is 1. The van der Waals surface area contributed by atoms with Gasteiger partial charge in [0.2, 0.25) is 19.5 Å². The fourth-order valence-corrected chi connectivity index (χ4v) is 4.29. The lowest BCUT2D eigenvalue weighted by Gasteiger charge is -2.06. The van der Waals surface area contributed by atoms with Crippen LogP contribution in [0.1, 0.15) is 5.56 Å². The summed E-state index contributed by atoms with van der Waals surface area (Å²) in [6, 6.07) is 2.92. The summed E-state index contributed by atoms with van der Waals surface area (Å²) < 4.78 is 47.5.